The van der Waals surface area contributed by atoms with Crippen LogP contribution in [0.4, 0.5) is 10.8 Å². The quantitative estimate of drug-likeness (QED) is 0.442. The van der Waals surface area contributed by atoms with Crippen LogP contribution in [0.15, 0.2) is 47.4 Å². The number of amides is 1. The summed E-state index contributed by atoms with van der Waals surface area (Å²) in [6.45, 7) is 6.76. The molecule has 0 aliphatic rings. The van der Waals surface area contributed by atoms with E-state index >= 15 is 0 Å². The van der Waals surface area contributed by atoms with Crippen LogP contribution < -0.4 is 9.62 Å². The van der Waals surface area contributed by atoms with Crippen LogP contribution in [0.25, 0.3) is 10.2 Å². The van der Waals surface area contributed by atoms with E-state index in [4.69, 9.17) is 0 Å². The largest absolute Gasteiger partial charge is 0.300 e. The molecule has 0 bridgehead atoms. The number of rotatable bonds is 6. The molecule has 0 saturated heterocycles. The number of H-pyrrole nitrogens is 1. The Morgan fingerprint density at radius 1 is 1.06 bits per heavy atom. The highest BCUT2D eigenvalue weighted by molar-refractivity contribution is 7.93. The standard InChI is InChI=1S/C22H23N5O3S2/c1-13-5-8-17(9-6-13)27(32(29,30)21-15(3)25-26-16(21)4)12-20(28)24-22-23-18-10-7-14(2)11-19(18)31-22/h5-11H,12H2,1-4H3,(H,25,26)(H,23,24,28). The smallest absolute Gasteiger partial charge is 0.268 e. The fourth-order valence-electron chi connectivity index (χ4n) is 3.43. The normalized spacial score (nSPS) is 11.6. The molecule has 0 atom stereocenters. The molecule has 0 aliphatic heterocycles. The number of aromatic amines is 1. The van der Waals surface area contributed by atoms with E-state index in [0.717, 1.165) is 25.6 Å². The highest BCUT2D eigenvalue weighted by Gasteiger charge is 2.31. The second kappa shape index (κ2) is 8.36. The molecular formula is C22H23N5O3S2. The molecule has 0 aliphatic carbocycles. The van der Waals surface area contributed by atoms with Gasteiger partial charge in [0.25, 0.3) is 10.0 Å². The van der Waals surface area contributed by atoms with Gasteiger partial charge in [-0.25, -0.2) is 13.4 Å². The van der Waals surface area contributed by atoms with Crippen molar-refractivity contribution in [2.75, 3.05) is 16.2 Å². The van der Waals surface area contributed by atoms with Gasteiger partial charge < -0.3 is 5.32 Å². The number of aromatic nitrogens is 3. The molecule has 10 heteroatoms. The number of carbonyl (C=O) groups excluding carboxylic acids is 1. The lowest BCUT2D eigenvalue weighted by molar-refractivity contribution is -0.114. The number of sulfonamides is 1. The van der Waals surface area contributed by atoms with Crippen molar-refractivity contribution in [3.8, 4) is 0 Å². The first-order chi connectivity index (χ1) is 15.1. The number of carbonyl (C=O) groups is 1. The van der Waals surface area contributed by atoms with Crippen molar-refractivity contribution >= 4 is 48.3 Å². The molecule has 0 spiro atoms. The third-order valence-electron chi connectivity index (χ3n) is 5.01. The summed E-state index contributed by atoms with van der Waals surface area (Å²) in [6.07, 6.45) is 0. The van der Waals surface area contributed by atoms with Gasteiger partial charge in [-0.15, -0.1) is 0 Å². The van der Waals surface area contributed by atoms with Crippen molar-refractivity contribution in [1.29, 1.82) is 0 Å². The fourth-order valence-corrected chi connectivity index (χ4v) is 6.17. The predicted octanol–water partition coefficient (Wildman–Crippen LogP) is 4.09. The minimum Gasteiger partial charge on any atom is -0.300 e. The number of fused-ring (bicyclic) bond motifs is 1. The number of benzene rings is 2. The van der Waals surface area contributed by atoms with E-state index in [0.29, 0.717) is 22.2 Å². The first kappa shape index (κ1) is 22.0. The van der Waals surface area contributed by atoms with Gasteiger partial charge in [-0.2, -0.15) is 5.10 Å². The maximum atomic E-state index is 13.6. The molecule has 2 heterocycles. The van der Waals surface area contributed by atoms with Crippen LogP contribution in [0.3, 0.4) is 0 Å². The van der Waals surface area contributed by atoms with Crippen LogP contribution in [0, 0.1) is 27.7 Å². The van der Waals surface area contributed by atoms with Crippen molar-refractivity contribution in [1.82, 2.24) is 15.2 Å². The summed E-state index contributed by atoms with van der Waals surface area (Å²) in [5, 5.41) is 9.89. The van der Waals surface area contributed by atoms with E-state index in [1.54, 1.807) is 38.1 Å². The zero-order valence-electron chi connectivity index (χ0n) is 18.1. The van der Waals surface area contributed by atoms with Crippen LogP contribution in [0.1, 0.15) is 22.5 Å². The monoisotopic (exact) mass is 469 g/mol. The lowest BCUT2D eigenvalue weighted by Crippen LogP contribution is -2.38. The van der Waals surface area contributed by atoms with E-state index in [2.05, 4.69) is 20.5 Å². The Morgan fingerprint density at radius 3 is 2.41 bits per heavy atom. The Balaban J connectivity index is 1.67. The van der Waals surface area contributed by atoms with Gasteiger partial charge in [0.15, 0.2) is 5.13 Å². The average molecular weight is 470 g/mol. The second-order valence-corrected chi connectivity index (χ2v) is 10.5. The topological polar surface area (TPSA) is 108 Å². The van der Waals surface area contributed by atoms with Crippen LogP contribution in [-0.4, -0.2) is 36.1 Å². The van der Waals surface area contributed by atoms with Crippen LogP contribution in [0.2, 0.25) is 0 Å². The summed E-state index contributed by atoms with van der Waals surface area (Å²) >= 11 is 1.35. The molecular weight excluding hydrogens is 446 g/mol. The van der Waals surface area contributed by atoms with Crippen molar-refractivity contribution in [3.63, 3.8) is 0 Å². The number of anilines is 2. The zero-order valence-corrected chi connectivity index (χ0v) is 19.8. The SMILES string of the molecule is Cc1ccc(N(CC(=O)Nc2nc3ccc(C)cc3s2)S(=O)(=O)c2c(C)n[nH]c2C)cc1. The number of aryl methyl sites for hydroxylation is 4. The summed E-state index contributed by atoms with van der Waals surface area (Å²) in [5.74, 6) is -0.483. The summed E-state index contributed by atoms with van der Waals surface area (Å²) in [7, 11) is -4.04. The molecule has 2 aromatic carbocycles. The number of hydrogen-bond donors (Lipinski definition) is 2. The third-order valence-corrected chi connectivity index (χ3v) is 7.98. The molecule has 0 unspecified atom stereocenters. The highest BCUT2D eigenvalue weighted by Crippen LogP contribution is 2.29. The number of nitrogens with one attached hydrogen (secondary N) is 2. The van der Waals surface area contributed by atoms with E-state index in [1.165, 1.54) is 11.3 Å². The molecule has 166 valence electrons. The lowest BCUT2D eigenvalue weighted by atomic mass is 10.2. The van der Waals surface area contributed by atoms with Crippen molar-refractivity contribution in [2.45, 2.75) is 32.6 Å². The third kappa shape index (κ3) is 4.23. The van der Waals surface area contributed by atoms with Crippen LogP contribution in [-0.2, 0) is 14.8 Å². The summed E-state index contributed by atoms with van der Waals surface area (Å²) < 4.78 is 29.2. The van der Waals surface area contributed by atoms with E-state index < -0.39 is 22.5 Å². The summed E-state index contributed by atoms with van der Waals surface area (Å²) in [4.78, 5) is 17.4. The molecule has 1 amide bonds. The van der Waals surface area contributed by atoms with Gasteiger partial charge in [0.1, 0.15) is 11.4 Å². The molecule has 4 rings (SSSR count). The van der Waals surface area contributed by atoms with Crippen LogP contribution in [0.5, 0.6) is 0 Å². The van der Waals surface area contributed by atoms with Gasteiger partial charge in [-0.05, 0) is 57.5 Å². The van der Waals surface area contributed by atoms with Gasteiger partial charge in [-0.1, -0.05) is 35.1 Å². The molecule has 4 aromatic rings. The fraction of sp³-hybridized carbons (Fsp3) is 0.227. The molecule has 0 fully saturated rings. The summed E-state index contributed by atoms with van der Waals surface area (Å²) in [6, 6.07) is 12.8. The Bertz CT molecular complexity index is 1390. The van der Waals surface area contributed by atoms with Crippen LogP contribution >= 0.6 is 11.3 Å². The van der Waals surface area contributed by atoms with Gasteiger partial charge >= 0.3 is 0 Å². The number of thiazole rings is 1. The van der Waals surface area contributed by atoms with Crippen molar-refractivity contribution < 1.29 is 13.2 Å². The van der Waals surface area contributed by atoms with E-state index in [9.17, 15) is 13.2 Å². The number of hydrogen-bond acceptors (Lipinski definition) is 6. The Labute approximate surface area is 190 Å². The maximum Gasteiger partial charge on any atom is 0.268 e. The highest BCUT2D eigenvalue weighted by atomic mass is 32.2. The van der Waals surface area contributed by atoms with Crippen molar-refractivity contribution in [3.05, 3.63) is 65.0 Å². The Hall–Kier alpha value is -3.24. The molecule has 2 N–H and O–H groups in total. The molecule has 2 aromatic heterocycles. The average Bonchev–Trinajstić information content (AvgIpc) is 3.28. The minimum atomic E-state index is -4.04. The molecule has 0 saturated carbocycles. The minimum absolute atomic E-state index is 0.0707. The molecule has 8 nitrogen and oxygen atoms in total. The summed E-state index contributed by atoms with van der Waals surface area (Å²) in [5.41, 5.74) is 4.02. The predicted molar refractivity (Wildman–Crippen MR) is 127 cm³/mol. The van der Waals surface area contributed by atoms with Gasteiger partial charge in [-0.3, -0.25) is 14.2 Å². The van der Waals surface area contributed by atoms with Crippen molar-refractivity contribution in [2.24, 2.45) is 0 Å². The second-order valence-electron chi connectivity index (χ2n) is 7.65. The molecule has 0 radical (unpaired) electrons. The Morgan fingerprint density at radius 2 is 1.75 bits per heavy atom. The number of nitrogens with zero attached hydrogens (tertiary/aromatic N) is 3. The first-order valence-corrected chi connectivity index (χ1v) is 12.2. The van der Waals surface area contributed by atoms with E-state index in [1.807, 2.05) is 32.0 Å². The molecule has 32 heavy (non-hydrogen) atoms. The van der Waals surface area contributed by atoms with E-state index in [-0.39, 0.29) is 4.90 Å². The zero-order chi connectivity index (χ0) is 23.0. The lowest BCUT2D eigenvalue weighted by Gasteiger charge is -2.24. The van der Waals surface area contributed by atoms with Gasteiger partial charge in [0.2, 0.25) is 5.91 Å². The maximum absolute atomic E-state index is 13.6. The van der Waals surface area contributed by atoms with Gasteiger partial charge in [0, 0.05) is 0 Å². The first-order valence-electron chi connectivity index (χ1n) is 9.93. The Kier molecular flexibility index (Phi) is 5.74. The van der Waals surface area contributed by atoms with Gasteiger partial charge in [0.05, 0.1) is 27.3 Å².